The molecule has 2 rings (SSSR count). The lowest BCUT2D eigenvalue weighted by Gasteiger charge is -2.37. The van der Waals surface area contributed by atoms with Gasteiger partial charge in [-0.25, -0.2) is 0 Å². The van der Waals surface area contributed by atoms with Crippen LogP contribution in [0, 0.1) is 5.92 Å². The Morgan fingerprint density at radius 2 is 2.10 bits per heavy atom. The molecule has 0 radical (unpaired) electrons. The van der Waals surface area contributed by atoms with Gasteiger partial charge in [0.1, 0.15) is 0 Å². The molecule has 0 spiro atoms. The van der Waals surface area contributed by atoms with Gasteiger partial charge in [-0.2, -0.15) is 0 Å². The van der Waals surface area contributed by atoms with E-state index in [-0.39, 0.29) is 0 Å². The van der Waals surface area contributed by atoms with E-state index < -0.39 is 0 Å². The zero-order valence-electron chi connectivity index (χ0n) is 13.0. The van der Waals surface area contributed by atoms with Crippen LogP contribution in [0.1, 0.15) is 51.9 Å². The molecule has 2 aliphatic rings. The van der Waals surface area contributed by atoms with Gasteiger partial charge in [0.25, 0.3) is 0 Å². The van der Waals surface area contributed by atoms with Crippen molar-refractivity contribution < 1.29 is 4.79 Å². The highest BCUT2D eigenvalue weighted by Crippen LogP contribution is 2.23. The first kappa shape index (κ1) is 15.8. The summed E-state index contributed by atoms with van der Waals surface area (Å²) in [5.74, 6) is 1.01. The molecule has 0 aromatic carbocycles. The lowest BCUT2D eigenvalue weighted by Crippen LogP contribution is -2.52. The summed E-state index contributed by atoms with van der Waals surface area (Å²) in [6.07, 6.45) is 7.79. The van der Waals surface area contributed by atoms with Gasteiger partial charge in [0.15, 0.2) is 0 Å². The molecule has 0 bridgehead atoms. The number of amides is 1. The number of carbonyl (C=O) groups excluding carboxylic acids is 1. The number of hydrogen-bond donors (Lipinski definition) is 1. The van der Waals surface area contributed by atoms with Crippen LogP contribution in [0.2, 0.25) is 0 Å². The lowest BCUT2D eigenvalue weighted by atomic mass is 9.94. The van der Waals surface area contributed by atoms with Crippen LogP contribution in [0.4, 0.5) is 0 Å². The first-order valence-corrected chi connectivity index (χ1v) is 8.46. The summed E-state index contributed by atoms with van der Waals surface area (Å²) in [6.45, 7) is 7.18. The predicted octanol–water partition coefficient (Wildman–Crippen LogP) is 1.84. The molecule has 4 heteroatoms. The summed E-state index contributed by atoms with van der Waals surface area (Å²) in [5, 5.41) is 0. The maximum Gasteiger partial charge on any atom is 0.222 e. The van der Waals surface area contributed by atoms with Gasteiger partial charge in [-0.1, -0.05) is 19.8 Å². The minimum Gasteiger partial charge on any atom is -0.340 e. The van der Waals surface area contributed by atoms with Crippen LogP contribution in [0.15, 0.2) is 0 Å². The van der Waals surface area contributed by atoms with Crippen LogP contribution in [0.5, 0.6) is 0 Å². The minimum absolute atomic E-state index is 0.370. The normalized spacial score (nSPS) is 24.7. The fourth-order valence-electron chi connectivity index (χ4n) is 3.78. The van der Waals surface area contributed by atoms with Gasteiger partial charge < -0.3 is 10.6 Å². The summed E-state index contributed by atoms with van der Waals surface area (Å²) >= 11 is 0. The van der Waals surface area contributed by atoms with Crippen molar-refractivity contribution in [1.82, 2.24) is 9.80 Å². The molecular weight excluding hydrogens is 250 g/mol. The fraction of sp³-hybridized carbons (Fsp3) is 0.938. The number of nitrogens with two attached hydrogens (primary N) is 1. The Kier molecular flexibility index (Phi) is 6.30. The van der Waals surface area contributed by atoms with Gasteiger partial charge in [-0.15, -0.1) is 0 Å². The number of fused-ring (bicyclic) bond motifs is 1. The second kappa shape index (κ2) is 7.99. The third-order valence-corrected chi connectivity index (χ3v) is 4.98. The van der Waals surface area contributed by atoms with Gasteiger partial charge in [-0.3, -0.25) is 9.69 Å². The van der Waals surface area contributed by atoms with Gasteiger partial charge in [-0.05, 0) is 44.7 Å². The average Bonchev–Trinajstić information content (AvgIpc) is 2.92. The van der Waals surface area contributed by atoms with E-state index in [4.69, 9.17) is 5.73 Å². The molecule has 2 unspecified atom stereocenters. The summed E-state index contributed by atoms with van der Waals surface area (Å²) in [6, 6.07) is 0.642. The molecule has 1 amide bonds. The number of nitrogens with zero attached hydrogens (tertiary/aromatic N) is 2. The molecule has 20 heavy (non-hydrogen) atoms. The Morgan fingerprint density at radius 1 is 1.25 bits per heavy atom. The molecule has 2 fully saturated rings. The highest BCUT2D eigenvalue weighted by Gasteiger charge is 2.32. The summed E-state index contributed by atoms with van der Waals surface area (Å²) in [5.41, 5.74) is 5.67. The maximum atomic E-state index is 12.4. The van der Waals surface area contributed by atoms with E-state index >= 15 is 0 Å². The molecule has 0 saturated carbocycles. The zero-order chi connectivity index (χ0) is 14.4. The van der Waals surface area contributed by atoms with Crippen molar-refractivity contribution in [2.45, 2.75) is 57.9 Å². The van der Waals surface area contributed by atoms with Crippen molar-refractivity contribution in [3.63, 3.8) is 0 Å². The first-order chi connectivity index (χ1) is 9.74. The molecule has 0 aromatic heterocycles. The molecular formula is C16H31N3O. The summed E-state index contributed by atoms with van der Waals surface area (Å²) < 4.78 is 0. The number of carbonyl (C=O) groups is 1. The van der Waals surface area contributed by atoms with E-state index in [0.717, 1.165) is 45.4 Å². The van der Waals surface area contributed by atoms with E-state index in [1.54, 1.807) is 0 Å². The topological polar surface area (TPSA) is 49.6 Å². The van der Waals surface area contributed by atoms with Crippen molar-refractivity contribution in [3.05, 3.63) is 0 Å². The average molecular weight is 281 g/mol. The highest BCUT2D eigenvalue weighted by molar-refractivity contribution is 5.76. The largest absolute Gasteiger partial charge is 0.340 e. The minimum atomic E-state index is 0.370. The van der Waals surface area contributed by atoms with Crippen LogP contribution < -0.4 is 5.73 Å². The van der Waals surface area contributed by atoms with E-state index in [0.29, 0.717) is 17.9 Å². The Hall–Kier alpha value is -0.610. The van der Waals surface area contributed by atoms with Crippen molar-refractivity contribution in [1.29, 1.82) is 0 Å². The molecule has 2 aliphatic heterocycles. The zero-order valence-corrected chi connectivity index (χ0v) is 13.0. The molecule has 2 N–H and O–H groups in total. The standard InChI is InChI=1S/C16H31N3O/c1-2-4-14(8-9-17)6-7-16(20)19-12-11-18-10-3-5-15(18)13-19/h14-15H,2-13,17H2,1H3. The van der Waals surface area contributed by atoms with Gasteiger partial charge in [0.05, 0.1) is 0 Å². The molecule has 0 aliphatic carbocycles. The number of rotatable bonds is 7. The molecule has 0 aromatic rings. The molecule has 116 valence electrons. The van der Waals surface area contributed by atoms with Crippen LogP contribution in [-0.2, 0) is 4.79 Å². The van der Waals surface area contributed by atoms with E-state index in [2.05, 4.69) is 16.7 Å². The Morgan fingerprint density at radius 3 is 2.85 bits per heavy atom. The molecule has 2 heterocycles. The fourth-order valence-corrected chi connectivity index (χ4v) is 3.78. The summed E-state index contributed by atoms with van der Waals surface area (Å²) in [7, 11) is 0. The van der Waals surface area contributed by atoms with Crippen molar-refractivity contribution in [2.75, 3.05) is 32.7 Å². The SMILES string of the molecule is CCCC(CCN)CCC(=O)N1CCN2CCCC2C1. The second-order valence-corrected chi connectivity index (χ2v) is 6.44. The van der Waals surface area contributed by atoms with Crippen molar-refractivity contribution in [2.24, 2.45) is 11.7 Å². The van der Waals surface area contributed by atoms with E-state index in [1.165, 1.54) is 32.2 Å². The van der Waals surface area contributed by atoms with E-state index in [1.807, 2.05) is 0 Å². The first-order valence-electron chi connectivity index (χ1n) is 8.46. The van der Waals surface area contributed by atoms with E-state index in [9.17, 15) is 4.79 Å². The van der Waals surface area contributed by atoms with Crippen LogP contribution >= 0.6 is 0 Å². The third kappa shape index (κ3) is 4.19. The predicted molar refractivity (Wildman–Crippen MR) is 82.5 cm³/mol. The summed E-state index contributed by atoms with van der Waals surface area (Å²) in [4.78, 5) is 17.0. The highest BCUT2D eigenvalue weighted by atomic mass is 16.2. The number of hydrogen-bond acceptors (Lipinski definition) is 3. The quantitative estimate of drug-likeness (QED) is 0.774. The second-order valence-electron chi connectivity index (χ2n) is 6.44. The van der Waals surface area contributed by atoms with Crippen LogP contribution in [-0.4, -0.2) is 54.5 Å². The monoisotopic (exact) mass is 281 g/mol. The van der Waals surface area contributed by atoms with Crippen molar-refractivity contribution >= 4 is 5.91 Å². The third-order valence-electron chi connectivity index (χ3n) is 4.98. The Labute approximate surface area is 123 Å². The van der Waals surface area contributed by atoms with Crippen LogP contribution in [0.25, 0.3) is 0 Å². The smallest absolute Gasteiger partial charge is 0.222 e. The Bertz CT molecular complexity index is 302. The molecule has 2 atom stereocenters. The van der Waals surface area contributed by atoms with Gasteiger partial charge in [0, 0.05) is 32.1 Å². The van der Waals surface area contributed by atoms with Crippen molar-refractivity contribution in [3.8, 4) is 0 Å². The van der Waals surface area contributed by atoms with Gasteiger partial charge >= 0.3 is 0 Å². The molecule has 2 saturated heterocycles. The lowest BCUT2D eigenvalue weighted by molar-refractivity contribution is -0.134. The van der Waals surface area contributed by atoms with Crippen LogP contribution in [0.3, 0.4) is 0 Å². The Balaban J connectivity index is 1.73. The molecule has 4 nitrogen and oxygen atoms in total. The number of piperazine rings is 1. The maximum absolute atomic E-state index is 12.4. The van der Waals surface area contributed by atoms with Gasteiger partial charge in [0.2, 0.25) is 5.91 Å².